The summed E-state index contributed by atoms with van der Waals surface area (Å²) in [6, 6.07) is 18.3. The third-order valence-electron chi connectivity index (χ3n) is 4.74. The molecular formula is C20H19N3O. The Kier molecular flexibility index (Phi) is 3.65. The minimum atomic E-state index is -0.211. The van der Waals surface area contributed by atoms with E-state index in [2.05, 4.69) is 58.2 Å². The number of carbonyl (C=O) groups is 1. The highest BCUT2D eigenvalue weighted by molar-refractivity contribution is 5.62. The molecule has 1 aliphatic rings. The maximum absolute atomic E-state index is 12.1. The van der Waals surface area contributed by atoms with Gasteiger partial charge >= 0.3 is 0 Å². The molecule has 1 N–H and O–H groups in total. The molecule has 0 fully saturated rings. The summed E-state index contributed by atoms with van der Waals surface area (Å²) < 4.78 is 2.06. The van der Waals surface area contributed by atoms with Crippen molar-refractivity contribution in [3.63, 3.8) is 0 Å². The van der Waals surface area contributed by atoms with Crippen LogP contribution in [0.2, 0.25) is 0 Å². The van der Waals surface area contributed by atoms with Crippen LogP contribution >= 0.6 is 0 Å². The number of hydrogen-bond donors (Lipinski definition) is 1. The van der Waals surface area contributed by atoms with E-state index in [9.17, 15) is 4.79 Å². The van der Waals surface area contributed by atoms with Crippen molar-refractivity contribution in [1.82, 2.24) is 9.55 Å². The molecule has 4 nitrogen and oxygen atoms in total. The quantitative estimate of drug-likeness (QED) is 0.748. The van der Waals surface area contributed by atoms with Crippen molar-refractivity contribution in [2.45, 2.75) is 19.0 Å². The molecule has 2 heterocycles. The van der Waals surface area contributed by atoms with Gasteiger partial charge in [-0.25, -0.2) is 4.98 Å². The number of aromatic nitrogens is 2. The van der Waals surface area contributed by atoms with Crippen LogP contribution < -0.4 is 5.32 Å². The predicted octanol–water partition coefficient (Wildman–Crippen LogP) is 3.76. The molecule has 0 spiro atoms. The zero-order chi connectivity index (χ0) is 16.5. The summed E-state index contributed by atoms with van der Waals surface area (Å²) in [6.07, 6.45) is 4.78. The standard InChI is InChI=1S/C20H19N3O/c1-14-7-9-16(10-8-14)19-17(13-24)18(15-5-3-2-4-6-15)22-20-21-11-12-23(19)20/h2-13,17-19H,1H3,(H,21,22)/t17-,18-,19+/m0/s1. The molecule has 0 bridgehead atoms. The second-order valence-electron chi connectivity index (χ2n) is 6.26. The van der Waals surface area contributed by atoms with E-state index in [1.54, 1.807) is 6.20 Å². The Hall–Kier alpha value is -2.88. The number of nitrogens with one attached hydrogen (secondary N) is 1. The second-order valence-corrected chi connectivity index (χ2v) is 6.26. The summed E-state index contributed by atoms with van der Waals surface area (Å²) in [5.41, 5.74) is 3.43. The number of carbonyl (C=O) groups excluding carboxylic acids is 1. The minimum Gasteiger partial charge on any atom is -0.348 e. The molecule has 0 amide bonds. The Morgan fingerprint density at radius 1 is 1.04 bits per heavy atom. The molecule has 1 aliphatic heterocycles. The van der Waals surface area contributed by atoms with E-state index in [1.807, 2.05) is 24.4 Å². The fraction of sp³-hybridized carbons (Fsp3) is 0.200. The van der Waals surface area contributed by atoms with Gasteiger partial charge in [0.05, 0.1) is 18.0 Å². The zero-order valence-electron chi connectivity index (χ0n) is 13.5. The normalized spacial score (nSPS) is 22.5. The average molecular weight is 317 g/mol. The first-order valence-electron chi connectivity index (χ1n) is 8.14. The Morgan fingerprint density at radius 3 is 2.50 bits per heavy atom. The number of imidazole rings is 1. The lowest BCUT2D eigenvalue weighted by molar-refractivity contribution is -0.112. The summed E-state index contributed by atoms with van der Waals surface area (Å²) >= 11 is 0. The third kappa shape index (κ3) is 2.40. The summed E-state index contributed by atoms with van der Waals surface area (Å²) in [6.45, 7) is 2.07. The molecule has 0 unspecified atom stereocenters. The largest absolute Gasteiger partial charge is 0.348 e. The molecule has 2 aromatic carbocycles. The van der Waals surface area contributed by atoms with Crippen LogP contribution in [0.25, 0.3) is 0 Å². The molecule has 3 aromatic rings. The highest BCUT2D eigenvalue weighted by atomic mass is 16.1. The lowest BCUT2D eigenvalue weighted by Gasteiger charge is -2.38. The summed E-state index contributed by atoms with van der Waals surface area (Å²) in [7, 11) is 0. The van der Waals surface area contributed by atoms with Crippen molar-refractivity contribution in [1.29, 1.82) is 0 Å². The van der Waals surface area contributed by atoms with Gasteiger partial charge in [0.1, 0.15) is 6.29 Å². The maximum atomic E-state index is 12.1. The van der Waals surface area contributed by atoms with Gasteiger partial charge in [0.25, 0.3) is 0 Å². The molecule has 0 radical (unpaired) electrons. The van der Waals surface area contributed by atoms with Crippen LogP contribution in [-0.2, 0) is 4.79 Å². The molecule has 0 aliphatic carbocycles. The van der Waals surface area contributed by atoms with Crippen LogP contribution in [-0.4, -0.2) is 15.8 Å². The SMILES string of the molecule is Cc1ccc([C@@H]2[C@@H](C=O)[C@H](c3ccccc3)Nc3nccn32)cc1. The van der Waals surface area contributed by atoms with Gasteiger partial charge in [-0.15, -0.1) is 0 Å². The van der Waals surface area contributed by atoms with Gasteiger partial charge in [0.2, 0.25) is 5.95 Å². The third-order valence-corrected chi connectivity index (χ3v) is 4.74. The Morgan fingerprint density at radius 2 is 1.79 bits per heavy atom. The van der Waals surface area contributed by atoms with E-state index in [1.165, 1.54) is 5.56 Å². The van der Waals surface area contributed by atoms with Gasteiger partial charge in [-0.3, -0.25) is 0 Å². The highest BCUT2D eigenvalue weighted by Gasteiger charge is 2.38. The van der Waals surface area contributed by atoms with Crippen molar-refractivity contribution < 1.29 is 4.79 Å². The molecular weight excluding hydrogens is 298 g/mol. The van der Waals surface area contributed by atoms with E-state index < -0.39 is 0 Å². The van der Waals surface area contributed by atoms with Crippen molar-refractivity contribution in [2.24, 2.45) is 5.92 Å². The number of anilines is 1. The summed E-state index contributed by atoms with van der Waals surface area (Å²) in [4.78, 5) is 16.5. The van der Waals surface area contributed by atoms with Crippen LogP contribution in [0.3, 0.4) is 0 Å². The van der Waals surface area contributed by atoms with E-state index in [-0.39, 0.29) is 18.0 Å². The fourth-order valence-corrected chi connectivity index (χ4v) is 3.52. The molecule has 1 aromatic heterocycles. The monoisotopic (exact) mass is 317 g/mol. The Balaban J connectivity index is 1.84. The number of aryl methyl sites for hydroxylation is 1. The molecule has 0 saturated carbocycles. The predicted molar refractivity (Wildman–Crippen MR) is 93.9 cm³/mol. The van der Waals surface area contributed by atoms with Gasteiger partial charge < -0.3 is 14.7 Å². The first kappa shape index (κ1) is 14.7. The first-order chi connectivity index (χ1) is 11.8. The van der Waals surface area contributed by atoms with Gasteiger partial charge in [-0.1, -0.05) is 60.2 Å². The van der Waals surface area contributed by atoms with Crippen molar-refractivity contribution >= 4 is 12.2 Å². The lowest BCUT2D eigenvalue weighted by atomic mass is 9.83. The highest BCUT2D eigenvalue weighted by Crippen LogP contribution is 2.41. The number of rotatable bonds is 3. The number of nitrogens with zero attached hydrogens (tertiary/aromatic N) is 2. The molecule has 120 valence electrons. The molecule has 24 heavy (non-hydrogen) atoms. The maximum Gasteiger partial charge on any atom is 0.203 e. The van der Waals surface area contributed by atoms with Crippen LogP contribution in [0, 0.1) is 12.8 Å². The van der Waals surface area contributed by atoms with Crippen LogP contribution in [0.4, 0.5) is 5.95 Å². The van der Waals surface area contributed by atoms with Gasteiger partial charge in [-0.2, -0.15) is 0 Å². The number of benzene rings is 2. The van der Waals surface area contributed by atoms with Crippen molar-refractivity contribution in [3.05, 3.63) is 83.7 Å². The molecule has 0 saturated heterocycles. The molecule has 4 heteroatoms. The molecule has 3 atom stereocenters. The number of aldehydes is 1. The zero-order valence-corrected chi connectivity index (χ0v) is 13.5. The van der Waals surface area contributed by atoms with Crippen molar-refractivity contribution in [2.75, 3.05) is 5.32 Å². The average Bonchev–Trinajstić information content (AvgIpc) is 3.10. The topological polar surface area (TPSA) is 46.9 Å². The van der Waals surface area contributed by atoms with Gasteiger partial charge in [0.15, 0.2) is 0 Å². The minimum absolute atomic E-state index is 0.0629. The number of fused-ring (bicyclic) bond motifs is 1. The number of hydrogen-bond acceptors (Lipinski definition) is 3. The van der Waals surface area contributed by atoms with E-state index >= 15 is 0 Å². The first-order valence-corrected chi connectivity index (χ1v) is 8.14. The van der Waals surface area contributed by atoms with Gasteiger partial charge in [-0.05, 0) is 18.1 Å². The van der Waals surface area contributed by atoms with Crippen LogP contribution in [0.1, 0.15) is 28.8 Å². The van der Waals surface area contributed by atoms with Crippen molar-refractivity contribution in [3.8, 4) is 0 Å². The Bertz CT molecular complexity index is 839. The van der Waals surface area contributed by atoms with E-state index in [4.69, 9.17) is 0 Å². The second kappa shape index (κ2) is 5.96. The van der Waals surface area contributed by atoms with E-state index in [0.717, 1.165) is 23.4 Å². The van der Waals surface area contributed by atoms with Gasteiger partial charge in [0, 0.05) is 12.4 Å². The lowest BCUT2D eigenvalue weighted by Crippen LogP contribution is -2.37. The summed E-state index contributed by atoms with van der Waals surface area (Å²) in [5.74, 6) is 0.587. The Labute approximate surface area is 141 Å². The van der Waals surface area contributed by atoms with Crippen LogP contribution in [0.5, 0.6) is 0 Å². The fourth-order valence-electron chi connectivity index (χ4n) is 3.52. The van der Waals surface area contributed by atoms with E-state index in [0.29, 0.717) is 0 Å². The smallest absolute Gasteiger partial charge is 0.203 e. The summed E-state index contributed by atoms with van der Waals surface area (Å²) in [5, 5.41) is 3.43. The molecule has 4 rings (SSSR count). The van der Waals surface area contributed by atoms with Crippen LogP contribution in [0.15, 0.2) is 67.0 Å².